The fourth-order valence-electron chi connectivity index (χ4n) is 2.81. The highest BCUT2D eigenvalue weighted by Crippen LogP contribution is 2.29. The Morgan fingerprint density at radius 2 is 2.07 bits per heavy atom. The zero-order chi connectivity index (χ0) is 19.6. The van der Waals surface area contributed by atoms with Gasteiger partial charge in [0.15, 0.2) is 5.16 Å². The molecular weight excluding hydrogens is 378 g/mol. The smallest absolute Gasteiger partial charge is 0.267 e. The number of hydrogen-bond donors (Lipinski definition) is 1. The van der Waals surface area contributed by atoms with Gasteiger partial charge in [-0.2, -0.15) is 0 Å². The van der Waals surface area contributed by atoms with Crippen LogP contribution in [0.3, 0.4) is 0 Å². The number of benzene rings is 1. The van der Waals surface area contributed by atoms with Crippen LogP contribution >= 0.6 is 23.1 Å². The van der Waals surface area contributed by atoms with Crippen LogP contribution in [0.4, 0.5) is 0 Å². The highest BCUT2D eigenvalue weighted by atomic mass is 32.2. The molecule has 0 fully saturated rings. The van der Waals surface area contributed by atoms with Gasteiger partial charge in [-0.15, -0.1) is 11.3 Å². The molecule has 2 heterocycles. The summed E-state index contributed by atoms with van der Waals surface area (Å²) in [5, 5.41) is 4.08. The van der Waals surface area contributed by atoms with E-state index in [0.29, 0.717) is 17.1 Å². The predicted octanol–water partition coefficient (Wildman–Crippen LogP) is 3.99. The van der Waals surface area contributed by atoms with E-state index in [0.717, 1.165) is 32.9 Å². The number of thioether (sulfide) groups is 1. The van der Waals surface area contributed by atoms with Gasteiger partial charge in [-0.05, 0) is 50.5 Å². The number of rotatable bonds is 6. The maximum Gasteiger partial charge on any atom is 0.267 e. The Bertz CT molecular complexity index is 1050. The number of nitrogens with one attached hydrogen (secondary N) is 1. The molecule has 7 heteroatoms. The Morgan fingerprint density at radius 1 is 1.30 bits per heavy atom. The fraction of sp³-hybridized carbons (Fsp3) is 0.350. The highest BCUT2D eigenvalue weighted by molar-refractivity contribution is 7.99. The van der Waals surface area contributed by atoms with Crippen molar-refractivity contribution >= 4 is 39.2 Å². The molecule has 0 saturated heterocycles. The Kier molecular flexibility index (Phi) is 6.01. The summed E-state index contributed by atoms with van der Waals surface area (Å²) in [5.74, 6) is 0.179. The third kappa shape index (κ3) is 4.09. The molecular formula is C20H23N3O2S2. The number of thiophene rings is 1. The molecule has 3 aromatic rings. The summed E-state index contributed by atoms with van der Waals surface area (Å²) in [6.45, 7) is 8.62. The van der Waals surface area contributed by atoms with E-state index in [2.05, 4.69) is 5.32 Å². The summed E-state index contributed by atoms with van der Waals surface area (Å²) in [5.41, 5.74) is 2.73. The minimum Gasteiger partial charge on any atom is -0.355 e. The molecule has 0 atom stereocenters. The molecule has 2 aromatic heterocycles. The van der Waals surface area contributed by atoms with E-state index >= 15 is 0 Å². The van der Waals surface area contributed by atoms with Gasteiger partial charge in [-0.25, -0.2) is 4.98 Å². The lowest BCUT2D eigenvalue weighted by molar-refractivity contribution is -0.118. The second-order valence-corrected chi connectivity index (χ2v) is 8.62. The predicted molar refractivity (Wildman–Crippen MR) is 113 cm³/mol. The van der Waals surface area contributed by atoms with Crippen molar-refractivity contribution < 1.29 is 4.79 Å². The van der Waals surface area contributed by atoms with Crippen LogP contribution < -0.4 is 10.9 Å². The quantitative estimate of drug-likeness (QED) is 0.501. The van der Waals surface area contributed by atoms with Crippen LogP contribution in [-0.2, 0) is 4.79 Å². The first-order chi connectivity index (χ1) is 12.9. The van der Waals surface area contributed by atoms with Gasteiger partial charge in [0.25, 0.3) is 5.56 Å². The van der Waals surface area contributed by atoms with E-state index in [1.807, 2.05) is 52.0 Å². The molecule has 142 valence electrons. The van der Waals surface area contributed by atoms with Crippen molar-refractivity contribution in [2.24, 2.45) is 0 Å². The van der Waals surface area contributed by atoms with Crippen molar-refractivity contribution in [3.05, 3.63) is 50.6 Å². The van der Waals surface area contributed by atoms with E-state index in [9.17, 15) is 9.59 Å². The third-order valence-electron chi connectivity index (χ3n) is 4.34. The van der Waals surface area contributed by atoms with E-state index in [1.54, 1.807) is 4.57 Å². The molecule has 1 aromatic carbocycles. The number of aromatic nitrogens is 2. The monoisotopic (exact) mass is 401 g/mol. The minimum absolute atomic E-state index is 0.0504. The molecule has 27 heavy (non-hydrogen) atoms. The van der Waals surface area contributed by atoms with Crippen molar-refractivity contribution in [2.75, 3.05) is 12.3 Å². The van der Waals surface area contributed by atoms with Crippen molar-refractivity contribution in [3.8, 4) is 5.69 Å². The largest absolute Gasteiger partial charge is 0.355 e. The van der Waals surface area contributed by atoms with Gasteiger partial charge >= 0.3 is 0 Å². The lowest BCUT2D eigenvalue weighted by atomic mass is 10.2. The molecule has 0 aliphatic carbocycles. The second kappa shape index (κ2) is 8.27. The molecule has 0 saturated carbocycles. The molecule has 0 aliphatic rings. The van der Waals surface area contributed by atoms with Crippen LogP contribution in [0.1, 0.15) is 29.3 Å². The molecule has 1 amide bonds. The van der Waals surface area contributed by atoms with Gasteiger partial charge in [0.2, 0.25) is 5.91 Å². The van der Waals surface area contributed by atoms with Gasteiger partial charge in [-0.3, -0.25) is 14.2 Å². The number of nitrogens with zero attached hydrogens (tertiary/aromatic N) is 2. The summed E-state index contributed by atoms with van der Waals surface area (Å²) in [4.78, 5) is 31.9. The van der Waals surface area contributed by atoms with E-state index in [4.69, 9.17) is 4.98 Å². The zero-order valence-corrected chi connectivity index (χ0v) is 17.6. The van der Waals surface area contributed by atoms with Crippen molar-refractivity contribution in [1.82, 2.24) is 14.9 Å². The van der Waals surface area contributed by atoms with Crippen LogP contribution in [0, 0.1) is 20.8 Å². The van der Waals surface area contributed by atoms with Crippen molar-refractivity contribution in [2.45, 2.75) is 39.3 Å². The first-order valence-electron chi connectivity index (χ1n) is 8.91. The first-order valence-corrected chi connectivity index (χ1v) is 10.7. The van der Waals surface area contributed by atoms with E-state index < -0.39 is 0 Å². The standard InChI is InChI=1S/C20H23N3O2S2/c1-5-9-21-16(24)11-26-20-22-18-17(13(3)14(4)27-18)19(25)23(20)15-8-6-7-12(2)10-15/h6-8,10H,5,9,11H2,1-4H3,(H,21,24). The maximum atomic E-state index is 13.3. The molecule has 0 bridgehead atoms. The maximum absolute atomic E-state index is 13.3. The number of fused-ring (bicyclic) bond motifs is 1. The Hall–Kier alpha value is -2.12. The van der Waals surface area contributed by atoms with Crippen molar-refractivity contribution in [3.63, 3.8) is 0 Å². The minimum atomic E-state index is -0.0797. The Balaban J connectivity index is 2.11. The number of carbonyl (C=O) groups excluding carboxylic acids is 1. The average Bonchev–Trinajstić information content (AvgIpc) is 2.92. The number of hydrogen-bond acceptors (Lipinski definition) is 5. The SMILES string of the molecule is CCCNC(=O)CSc1nc2sc(C)c(C)c2c(=O)n1-c1cccc(C)c1. The molecule has 0 unspecified atom stereocenters. The van der Waals surface area contributed by atoms with Gasteiger partial charge in [0.05, 0.1) is 16.8 Å². The normalized spacial score (nSPS) is 11.1. The molecule has 3 rings (SSSR count). The number of carbonyl (C=O) groups is 1. The Morgan fingerprint density at radius 3 is 2.78 bits per heavy atom. The van der Waals surface area contributed by atoms with Crippen LogP contribution in [0.5, 0.6) is 0 Å². The van der Waals surface area contributed by atoms with Crippen LogP contribution in [0.15, 0.2) is 34.2 Å². The lowest BCUT2D eigenvalue weighted by Gasteiger charge is -2.13. The summed E-state index contributed by atoms with van der Waals surface area (Å²) < 4.78 is 1.63. The number of amides is 1. The molecule has 0 aliphatic heterocycles. The number of aryl methyl sites for hydroxylation is 3. The van der Waals surface area contributed by atoms with Gasteiger partial charge in [0.1, 0.15) is 4.83 Å². The summed E-state index contributed by atoms with van der Waals surface area (Å²) in [6, 6.07) is 7.78. The van der Waals surface area contributed by atoms with Gasteiger partial charge in [0, 0.05) is 11.4 Å². The van der Waals surface area contributed by atoms with Crippen LogP contribution in [0.25, 0.3) is 15.9 Å². The van der Waals surface area contributed by atoms with Gasteiger partial charge < -0.3 is 5.32 Å². The zero-order valence-electron chi connectivity index (χ0n) is 16.0. The summed E-state index contributed by atoms with van der Waals surface area (Å²) in [6.07, 6.45) is 0.891. The fourth-order valence-corrected chi connectivity index (χ4v) is 4.73. The summed E-state index contributed by atoms with van der Waals surface area (Å²) in [7, 11) is 0. The van der Waals surface area contributed by atoms with Crippen LogP contribution in [-0.4, -0.2) is 27.8 Å². The lowest BCUT2D eigenvalue weighted by Crippen LogP contribution is -2.27. The first kappa shape index (κ1) is 19.6. The molecule has 5 nitrogen and oxygen atoms in total. The Labute approximate surface area is 166 Å². The summed E-state index contributed by atoms with van der Waals surface area (Å²) >= 11 is 2.82. The molecule has 0 radical (unpaired) electrons. The average molecular weight is 402 g/mol. The van der Waals surface area contributed by atoms with E-state index in [-0.39, 0.29) is 17.2 Å². The third-order valence-corrected chi connectivity index (χ3v) is 6.38. The van der Waals surface area contributed by atoms with Gasteiger partial charge in [-0.1, -0.05) is 30.8 Å². The van der Waals surface area contributed by atoms with Crippen LogP contribution in [0.2, 0.25) is 0 Å². The topological polar surface area (TPSA) is 64.0 Å². The highest BCUT2D eigenvalue weighted by Gasteiger charge is 2.18. The van der Waals surface area contributed by atoms with Crippen molar-refractivity contribution in [1.29, 1.82) is 0 Å². The second-order valence-electron chi connectivity index (χ2n) is 6.48. The molecule has 0 spiro atoms. The van der Waals surface area contributed by atoms with E-state index in [1.165, 1.54) is 23.1 Å². The molecule has 1 N–H and O–H groups in total.